The first kappa shape index (κ1) is 8.79. The van der Waals surface area contributed by atoms with Gasteiger partial charge in [0.25, 0.3) is 5.95 Å². The zero-order chi connectivity index (χ0) is 9.14. The molecule has 0 saturated carbocycles. The molecular formula is C6H12N4O2. The molecule has 0 aliphatic carbocycles. The highest BCUT2D eigenvalue weighted by Crippen LogP contribution is 2.01. The Morgan fingerprint density at radius 2 is 2.42 bits per heavy atom. The van der Waals surface area contributed by atoms with Gasteiger partial charge in [-0.15, -0.1) is 0 Å². The molecule has 0 aromatic carbocycles. The van der Waals surface area contributed by atoms with Gasteiger partial charge in [-0.2, -0.15) is 0 Å². The second-order valence-electron chi connectivity index (χ2n) is 2.96. The Hall–Kier alpha value is -1.30. The molecule has 0 bridgehead atoms. The highest BCUT2D eigenvalue weighted by molar-refractivity contribution is 5.22. The van der Waals surface area contributed by atoms with E-state index < -0.39 is 5.76 Å². The molecule has 68 valence electrons. The minimum Gasteiger partial charge on any atom is -0.294 e. The van der Waals surface area contributed by atoms with Gasteiger partial charge in [0.15, 0.2) is 0 Å². The Morgan fingerprint density at radius 3 is 2.83 bits per heavy atom. The van der Waals surface area contributed by atoms with Gasteiger partial charge in [0, 0.05) is 6.54 Å². The first-order valence-electron chi connectivity index (χ1n) is 3.68. The van der Waals surface area contributed by atoms with E-state index in [-0.39, 0.29) is 5.95 Å². The molecule has 6 heteroatoms. The van der Waals surface area contributed by atoms with Crippen LogP contribution < -0.4 is 16.6 Å². The van der Waals surface area contributed by atoms with Crippen LogP contribution in [0.1, 0.15) is 13.8 Å². The molecule has 0 atom stereocenters. The molecule has 0 aliphatic heterocycles. The van der Waals surface area contributed by atoms with Crippen LogP contribution >= 0.6 is 0 Å². The third-order valence-corrected chi connectivity index (χ3v) is 1.26. The second-order valence-corrected chi connectivity index (χ2v) is 2.96. The summed E-state index contributed by atoms with van der Waals surface area (Å²) in [5.41, 5.74) is 0. The van der Waals surface area contributed by atoms with Crippen molar-refractivity contribution in [3.05, 3.63) is 10.6 Å². The number of rotatable bonds is 3. The molecular weight excluding hydrogens is 160 g/mol. The number of H-pyrrole nitrogens is 1. The second kappa shape index (κ2) is 3.40. The van der Waals surface area contributed by atoms with Crippen LogP contribution in [0, 0.1) is 5.92 Å². The lowest BCUT2D eigenvalue weighted by molar-refractivity contribution is 0.385. The quantitative estimate of drug-likeness (QED) is 0.482. The summed E-state index contributed by atoms with van der Waals surface area (Å²) in [6.07, 6.45) is 0. The molecule has 6 nitrogen and oxygen atoms in total. The molecule has 0 spiro atoms. The summed E-state index contributed by atoms with van der Waals surface area (Å²) < 4.78 is 4.28. The number of aromatic nitrogens is 2. The molecule has 1 rings (SSSR count). The number of anilines is 1. The first-order valence-corrected chi connectivity index (χ1v) is 3.68. The van der Waals surface area contributed by atoms with Gasteiger partial charge >= 0.3 is 5.76 Å². The summed E-state index contributed by atoms with van der Waals surface area (Å²) in [6.45, 7) is 4.64. The highest BCUT2D eigenvalue weighted by atomic mass is 16.5. The number of hydrogen-bond donors (Lipinski definition) is 2. The molecule has 1 aromatic heterocycles. The number of hydrogen-bond acceptors (Lipinski definition) is 5. The highest BCUT2D eigenvalue weighted by Gasteiger charge is 2.08. The third kappa shape index (κ3) is 2.09. The fraction of sp³-hybridized carbons (Fsp3) is 0.667. The maximum Gasteiger partial charge on any atom is 0.440 e. The van der Waals surface area contributed by atoms with Crippen LogP contribution in [0.2, 0.25) is 0 Å². The van der Waals surface area contributed by atoms with Gasteiger partial charge in [-0.3, -0.25) is 14.5 Å². The maximum atomic E-state index is 10.5. The van der Waals surface area contributed by atoms with E-state index in [0.717, 1.165) is 0 Å². The SMILES string of the molecule is CC(C)CN(N)c1noc(=O)[nH]1. The van der Waals surface area contributed by atoms with Gasteiger partial charge < -0.3 is 0 Å². The minimum absolute atomic E-state index is 0.258. The van der Waals surface area contributed by atoms with E-state index in [2.05, 4.69) is 14.7 Å². The fourth-order valence-electron chi connectivity index (χ4n) is 0.826. The monoisotopic (exact) mass is 172 g/mol. The summed E-state index contributed by atoms with van der Waals surface area (Å²) >= 11 is 0. The van der Waals surface area contributed by atoms with Crippen molar-refractivity contribution in [3.63, 3.8) is 0 Å². The van der Waals surface area contributed by atoms with Crippen LogP contribution in [0.4, 0.5) is 5.95 Å². The molecule has 0 amide bonds. The van der Waals surface area contributed by atoms with Crippen molar-refractivity contribution in [1.29, 1.82) is 0 Å². The van der Waals surface area contributed by atoms with Gasteiger partial charge in [-0.05, 0) is 11.1 Å². The van der Waals surface area contributed by atoms with E-state index in [9.17, 15) is 4.79 Å². The Bertz CT molecular complexity index is 290. The average Bonchev–Trinajstić information content (AvgIpc) is 2.34. The summed E-state index contributed by atoms with van der Waals surface area (Å²) in [5, 5.41) is 4.77. The van der Waals surface area contributed by atoms with Gasteiger partial charge in [0.2, 0.25) is 0 Å². The van der Waals surface area contributed by atoms with Crippen LogP contribution in [0.25, 0.3) is 0 Å². The number of nitrogens with one attached hydrogen (secondary N) is 1. The Balaban J connectivity index is 2.65. The van der Waals surface area contributed by atoms with Crippen LogP contribution in [-0.4, -0.2) is 16.7 Å². The molecule has 1 aromatic rings. The molecule has 0 aliphatic rings. The van der Waals surface area contributed by atoms with E-state index in [1.165, 1.54) is 5.01 Å². The number of nitrogens with two attached hydrogens (primary N) is 1. The zero-order valence-electron chi connectivity index (χ0n) is 7.07. The molecule has 0 unspecified atom stereocenters. The molecule has 1 heterocycles. The molecule has 12 heavy (non-hydrogen) atoms. The van der Waals surface area contributed by atoms with E-state index >= 15 is 0 Å². The average molecular weight is 172 g/mol. The number of aromatic amines is 1. The van der Waals surface area contributed by atoms with Crippen molar-refractivity contribution in [2.45, 2.75) is 13.8 Å². The zero-order valence-corrected chi connectivity index (χ0v) is 7.07. The van der Waals surface area contributed by atoms with E-state index in [1.807, 2.05) is 13.8 Å². The van der Waals surface area contributed by atoms with Gasteiger partial charge in [-0.25, -0.2) is 10.6 Å². The molecule has 0 fully saturated rings. The van der Waals surface area contributed by atoms with Crippen LogP contribution in [0.3, 0.4) is 0 Å². The summed E-state index contributed by atoms with van der Waals surface area (Å²) in [5.74, 6) is 5.61. The Morgan fingerprint density at radius 1 is 1.75 bits per heavy atom. The lowest BCUT2D eigenvalue weighted by Crippen LogP contribution is -2.35. The van der Waals surface area contributed by atoms with Gasteiger partial charge in [-0.1, -0.05) is 13.8 Å². The van der Waals surface area contributed by atoms with Crippen LogP contribution in [0.5, 0.6) is 0 Å². The lowest BCUT2D eigenvalue weighted by Gasteiger charge is -2.15. The topological polar surface area (TPSA) is 88.2 Å². The molecule has 3 N–H and O–H groups in total. The van der Waals surface area contributed by atoms with Crippen molar-refractivity contribution < 1.29 is 4.52 Å². The summed E-state index contributed by atoms with van der Waals surface area (Å²) in [6, 6.07) is 0. The van der Waals surface area contributed by atoms with Crippen molar-refractivity contribution in [1.82, 2.24) is 10.1 Å². The first-order chi connectivity index (χ1) is 5.59. The smallest absolute Gasteiger partial charge is 0.294 e. The number of nitrogens with zero attached hydrogens (tertiary/aromatic N) is 2. The molecule has 0 radical (unpaired) electrons. The number of hydrazine groups is 1. The summed E-state index contributed by atoms with van der Waals surface area (Å²) in [4.78, 5) is 12.9. The molecule has 0 saturated heterocycles. The van der Waals surface area contributed by atoms with E-state index in [1.54, 1.807) is 0 Å². The lowest BCUT2D eigenvalue weighted by atomic mass is 10.2. The third-order valence-electron chi connectivity index (χ3n) is 1.26. The standard InChI is InChI=1S/C6H12N4O2/c1-4(2)3-10(7)5-8-6(11)12-9-5/h4H,3,7H2,1-2H3,(H,8,9,11). The van der Waals surface area contributed by atoms with Gasteiger partial charge in [0.05, 0.1) is 0 Å². The van der Waals surface area contributed by atoms with E-state index in [4.69, 9.17) is 5.84 Å². The van der Waals surface area contributed by atoms with Crippen molar-refractivity contribution in [2.24, 2.45) is 11.8 Å². The van der Waals surface area contributed by atoms with Crippen LogP contribution in [0.15, 0.2) is 9.32 Å². The minimum atomic E-state index is -0.593. The van der Waals surface area contributed by atoms with E-state index in [0.29, 0.717) is 12.5 Å². The van der Waals surface area contributed by atoms with Crippen LogP contribution in [-0.2, 0) is 0 Å². The maximum absolute atomic E-state index is 10.5. The van der Waals surface area contributed by atoms with Gasteiger partial charge in [0.1, 0.15) is 0 Å². The summed E-state index contributed by atoms with van der Waals surface area (Å²) in [7, 11) is 0. The largest absolute Gasteiger partial charge is 0.440 e. The fourth-order valence-corrected chi connectivity index (χ4v) is 0.826. The van der Waals surface area contributed by atoms with Crippen molar-refractivity contribution >= 4 is 5.95 Å². The van der Waals surface area contributed by atoms with Crippen molar-refractivity contribution in [3.8, 4) is 0 Å². The Labute approximate surface area is 69.3 Å². The normalized spacial score (nSPS) is 10.7. The predicted octanol–water partition coefficient (Wildman–Crippen LogP) is -0.301. The predicted molar refractivity (Wildman–Crippen MR) is 43.5 cm³/mol. The van der Waals surface area contributed by atoms with Crippen molar-refractivity contribution in [2.75, 3.05) is 11.6 Å². The Kier molecular flexibility index (Phi) is 2.49.